The summed E-state index contributed by atoms with van der Waals surface area (Å²) in [4.78, 5) is 99.2. The van der Waals surface area contributed by atoms with Crippen LogP contribution in [0.25, 0.3) is 0 Å². The van der Waals surface area contributed by atoms with Gasteiger partial charge in [-0.2, -0.15) is 0 Å². The molecule has 3 aliphatic rings. The summed E-state index contributed by atoms with van der Waals surface area (Å²) in [5.74, 6) is -10.6. The van der Waals surface area contributed by atoms with E-state index < -0.39 is 119 Å². The Hall–Kier alpha value is -5.44. The van der Waals surface area contributed by atoms with Crippen LogP contribution in [0.4, 0.5) is 0 Å². The molecule has 15 nitrogen and oxygen atoms in total. The Morgan fingerprint density at radius 2 is 1.32 bits per heavy atom. The molecule has 2 bridgehead atoms. The number of carbonyl (C=O) groups excluding carboxylic acids is 7. The van der Waals surface area contributed by atoms with Gasteiger partial charge in [-0.05, 0) is 43.0 Å². The molecule has 0 saturated heterocycles. The van der Waals surface area contributed by atoms with E-state index in [0.717, 1.165) is 27.7 Å². The number of carbonyl (C=O) groups is 7. The van der Waals surface area contributed by atoms with Crippen molar-refractivity contribution in [2.45, 2.75) is 110 Å². The van der Waals surface area contributed by atoms with E-state index in [1.165, 1.54) is 43.6 Å². The van der Waals surface area contributed by atoms with E-state index in [1.54, 1.807) is 39.0 Å². The first kappa shape index (κ1) is 42.7. The van der Waals surface area contributed by atoms with Crippen molar-refractivity contribution in [2.75, 3.05) is 0 Å². The van der Waals surface area contributed by atoms with Gasteiger partial charge in [-0.1, -0.05) is 52.5 Å². The van der Waals surface area contributed by atoms with Crippen molar-refractivity contribution in [3.8, 4) is 0 Å². The predicted octanol–water partition coefficient (Wildman–Crippen LogP) is 4.14. The van der Waals surface area contributed by atoms with Crippen LogP contribution in [-0.4, -0.2) is 93.4 Å². The van der Waals surface area contributed by atoms with Gasteiger partial charge >= 0.3 is 35.8 Å². The summed E-state index contributed by atoms with van der Waals surface area (Å²) in [5, 5.41) is 13.2. The quantitative estimate of drug-likeness (QED) is 0.226. The van der Waals surface area contributed by atoms with Gasteiger partial charge < -0.3 is 33.5 Å². The minimum absolute atomic E-state index is 0.0134. The normalized spacial score (nSPS) is 33.1. The van der Waals surface area contributed by atoms with Crippen LogP contribution in [0.3, 0.4) is 0 Å². The van der Waals surface area contributed by atoms with E-state index in [2.05, 4.69) is 11.6 Å². The molecule has 0 aliphatic heterocycles. The molecule has 3 saturated carbocycles. The molecule has 2 aromatic rings. The van der Waals surface area contributed by atoms with Crippen LogP contribution in [-0.2, 0) is 52.4 Å². The Labute approximate surface area is 330 Å². The van der Waals surface area contributed by atoms with Crippen molar-refractivity contribution in [1.29, 1.82) is 0 Å². The number of rotatable bonds is 8. The van der Waals surface area contributed by atoms with Crippen LogP contribution >= 0.6 is 0 Å². The van der Waals surface area contributed by atoms with Gasteiger partial charge in [0.25, 0.3) is 0 Å². The highest BCUT2D eigenvalue weighted by Gasteiger charge is 2.75. The highest BCUT2D eigenvalue weighted by molar-refractivity contribution is 5.91. The zero-order valence-corrected chi connectivity index (χ0v) is 33.2. The molecule has 1 aromatic heterocycles. The Bertz CT molecular complexity index is 1930. The molecule has 5 rings (SSSR count). The zero-order valence-electron chi connectivity index (χ0n) is 33.2. The second-order valence-electron chi connectivity index (χ2n) is 15.8. The fourth-order valence-electron chi connectivity index (χ4n) is 9.17. The Morgan fingerprint density at radius 1 is 0.737 bits per heavy atom. The number of ketones is 1. The summed E-state index contributed by atoms with van der Waals surface area (Å²) in [5.41, 5.74) is -6.19. The molecule has 0 spiro atoms. The second kappa shape index (κ2) is 16.2. The second-order valence-corrected chi connectivity index (χ2v) is 15.8. The third kappa shape index (κ3) is 7.94. The van der Waals surface area contributed by atoms with Crippen molar-refractivity contribution in [3.63, 3.8) is 0 Å². The van der Waals surface area contributed by atoms with Gasteiger partial charge in [0.15, 0.2) is 17.8 Å². The van der Waals surface area contributed by atoms with Gasteiger partial charge in [-0.15, -0.1) is 0 Å². The van der Waals surface area contributed by atoms with Gasteiger partial charge in [-0.3, -0.25) is 29.0 Å². The number of pyridine rings is 1. The van der Waals surface area contributed by atoms with Crippen molar-refractivity contribution in [3.05, 3.63) is 78.1 Å². The first-order valence-corrected chi connectivity index (χ1v) is 18.7. The summed E-state index contributed by atoms with van der Waals surface area (Å²) < 4.78 is 36.5. The van der Waals surface area contributed by atoms with Gasteiger partial charge in [0.05, 0.1) is 17.0 Å². The molecular weight excluding hydrogens is 742 g/mol. The van der Waals surface area contributed by atoms with Gasteiger partial charge in [0.2, 0.25) is 0 Å². The average molecular weight is 792 g/mol. The lowest BCUT2D eigenvalue weighted by atomic mass is 9.66. The molecule has 57 heavy (non-hydrogen) atoms. The maximum absolute atomic E-state index is 14.8. The number of Topliss-reactive ketones (excluding diaryl/α,β-unsaturated/α-hetero) is 1. The molecule has 1 N–H and O–H groups in total. The number of hydrogen-bond donors (Lipinski definition) is 1. The van der Waals surface area contributed by atoms with E-state index in [4.69, 9.17) is 28.4 Å². The van der Waals surface area contributed by atoms with Crippen molar-refractivity contribution >= 4 is 41.6 Å². The van der Waals surface area contributed by atoms with Crippen LogP contribution in [0, 0.1) is 29.1 Å². The molecular formula is C42H49NO14. The molecule has 306 valence electrons. The molecule has 0 unspecified atom stereocenters. The molecule has 3 aliphatic carbocycles. The van der Waals surface area contributed by atoms with Crippen molar-refractivity contribution < 1.29 is 67.1 Å². The lowest BCUT2D eigenvalue weighted by Gasteiger charge is -2.50. The Morgan fingerprint density at radius 3 is 1.88 bits per heavy atom. The molecule has 1 aromatic carbocycles. The summed E-state index contributed by atoms with van der Waals surface area (Å²) in [7, 11) is 0. The van der Waals surface area contributed by atoms with Crippen LogP contribution in [0.5, 0.6) is 0 Å². The van der Waals surface area contributed by atoms with E-state index in [1.807, 2.05) is 0 Å². The summed E-state index contributed by atoms with van der Waals surface area (Å²) >= 11 is 0. The van der Waals surface area contributed by atoms with Crippen LogP contribution in [0.2, 0.25) is 0 Å². The SMILES string of the molecule is C=C1[C@H](OC(C)=O)[C@@H](OC(=O)c2ccccc2)[C@@H](OC(=O)c2cccnc2)C(C)(C)[C@H]2C[C@](O)([C@H](C)C2=O)[C@@]2(OC(C)=O)C[C@H](C)[C@H](OC(C)=O)[C@@H]2[C@H]1OC(C)=O. The number of ether oxygens (including phenoxy) is 6. The van der Waals surface area contributed by atoms with E-state index in [-0.39, 0.29) is 23.1 Å². The lowest BCUT2D eigenvalue weighted by Crippen LogP contribution is -2.65. The van der Waals surface area contributed by atoms with Gasteiger partial charge in [0, 0.05) is 62.9 Å². The molecule has 0 amide bonds. The van der Waals surface area contributed by atoms with E-state index in [9.17, 15) is 38.7 Å². The summed E-state index contributed by atoms with van der Waals surface area (Å²) in [6.07, 6.45) is -6.25. The predicted molar refractivity (Wildman–Crippen MR) is 198 cm³/mol. The number of aliphatic hydroxyl groups is 1. The van der Waals surface area contributed by atoms with Crippen LogP contribution in [0.15, 0.2) is 67.0 Å². The van der Waals surface area contributed by atoms with Gasteiger partial charge in [-0.25, -0.2) is 9.59 Å². The largest absolute Gasteiger partial charge is 0.462 e. The summed E-state index contributed by atoms with van der Waals surface area (Å²) in [6.45, 7) is 14.9. The highest BCUT2D eigenvalue weighted by Crippen LogP contribution is 2.62. The first-order chi connectivity index (χ1) is 26.7. The van der Waals surface area contributed by atoms with Crippen molar-refractivity contribution in [2.24, 2.45) is 29.1 Å². The van der Waals surface area contributed by atoms with E-state index in [0.29, 0.717) is 0 Å². The molecule has 0 radical (unpaired) electrons. The minimum Gasteiger partial charge on any atom is -0.462 e. The fourth-order valence-corrected chi connectivity index (χ4v) is 9.17. The standard InChI is InChI=1S/C42H49NO14/c1-21-18-42(57-27(7)47)31(33(21)52-24(4)44)34(53-25(5)45)22(2)35(54-26(6)46)36(55-38(49)28-14-11-10-12-15-28)37(56-39(50)29-16-13-17-43-20-29)40(8,9)30-19-41(42,51)23(3)32(30)48/h10-17,20-21,23,30-31,33-37,51H,2,18-19H2,1,3-9H3/t21-,23+,30-,31+,33-,34-,35-,36+,37+,41-,42+/m0/s1. The number of hydrogen-bond acceptors (Lipinski definition) is 15. The number of fused-ring (bicyclic) bond motifs is 4. The summed E-state index contributed by atoms with van der Waals surface area (Å²) in [6, 6.07) is 10.7. The molecule has 15 heteroatoms. The zero-order chi connectivity index (χ0) is 42.2. The Kier molecular flexibility index (Phi) is 12.1. The maximum Gasteiger partial charge on any atom is 0.340 e. The first-order valence-electron chi connectivity index (χ1n) is 18.7. The van der Waals surface area contributed by atoms with E-state index >= 15 is 0 Å². The number of benzene rings is 1. The van der Waals surface area contributed by atoms with Gasteiger partial charge in [0.1, 0.15) is 29.7 Å². The average Bonchev–Trinajstić information content (AvgIpc) is 3.55. The van der Waals surface area contributed by atoms with Crippen LogP contribution < -0.4 is 0 Å². The Balaban J connectivity index is 1.89. The monoisotopic (exact) mass is 791 g/mol. The third-order valence-corrected chi connectivity index (χ3v) is 11.7. The smallest absolute Gasteiger partial charge is 0.340 e. The number of aromatic nitrogens is 1. The fraction of sp³-hybridized carbons (Fsp3) is 0.524. The van der Waals surface area contributed by atoms with Crippen molar-refractivity contribution in [1.82, 2.24) is 4.98 Å². The number of nitrogens with zero attached hydrogens (tertiary/aromatic N) is 1. The topological polar surface area (TPSA) is 208 Å². The third-order valence-electron chi connectivity index (χ3n) is 11.7. The highest BCUT2D eigenvalue weighted by atomic mass is 16.6. The molecule has 11 atom stereocenters. The molecule has 1 heterocycles. The maximum atomic E-state index is 14.8. The number of esters is 6. The minimum atomic E-state index is -2.25. The lowest BCUT2D eigenvalue weighted by molar-refractivity contribution is -0.233. The molecule has 3 fully saturated rings. The van der Waals surface area contributed by atoms with Crippen LogP contribution in [0.1, 0.15) is 88.9 Å².